The Labute approximate surface area is 310 Å². The zero-order chi connectivity index (χ0) is 37.0. The predicted octanol–water partition coefficient (Wildman–Crippen LogP) is 12.6. The van der Waals surface area contributed by atoms with Gasteiger partial charge in [0.05, 0.1) is 0 Å². The van der Waals surface area contributed by atoms with Crippen LogP contribution in [0.3, 0.4) is 0 Å². The van der Waals surface area contributed by atoms with Crippen molar-refractivity contribution in [3.05, 3.63) is 0 Å². The molecule has 4 aliphatic carbocycles. The van der Waals surface area contributed by atoms with Gasteiger partial charge in [0, 0.05) is 12.7 Å². The van der Waals surface area contributed by atoms with Crippen LogP contribution in [-0.2, 0) is 13.3 Å². The zero-order valence-electron chi connectivity index (χ0n) is 34.8. The minimum absolute atomic E-state index is 0.352. The topological polar surface area (TPSA) is 63.6 Å². The van der Waals surface area contributed by atoms with E-state index in [1.807, 2.05) is 27.7 Å². The van der Waals surface area contributed by atoms with Gasteiger partial charge in [-0.3, -0.25) is 0 Å². The van der Waals surface area contributed by atoms with E-state index in [0.29, 0.717) is 23.5 Å². The van der Waals surface area contributed by atoms with Crippen molar-refractivity contribution in [2.24, 2.45) is 58.2 Å². The van der Waals surface area contributed by atoms with Crippen LogP contribution in [-0.4, -0.2) is 43.5 Å². The van der Waals surface area contributed by atoms with Crippen molar-refractivity contribution in [1.29, 1.82) is 0 Å². The second kappa shape index (κ2) is 21.2. The molecule has 0 radical (unpaired) electrons. The second-order valence-electron chi connectivity index (χ2n) is 17.4. The fourth-order valence-electron chi connectivity index (χ4n) is 11.9. The summed E-state index contributed by atoms with van der Waals surface area (Å²) in [5.41, 5.74) is 0.978. The maximum Gasteiger partial charge on any atom is 0.276 e. The highest BCUT2D eigenvalue weighted by Gasteiger charge is 2.66. The summed E-state index contributed by atoms with van der Waals surface area (Å²) in [5.74, 6) is 6.70. The average molecular weight is 737 g/mol. The van der Waals surface area contributed by atoms with Crippen molar-refractivity contribution in [3.63, 3.8) is 0 Å². The van der Waals surface area contributed by atoms with E-state index < -0.39 is 25.7 Å². The van der Waals surface area contributed by atoms with Gasteiger partial charge in [-0.1, -0.05) is 95.9 Å². The van der Waals surface area contributed by atoms with Crippen LogP contribution < -0.4 is 0 Å². The van der Waals surface area contributed by atoms with Crippen LogP contribution in [0.2, 0.25) is 42.3 Å². The van der Waals surface area contributed by atoms with Crippen LogP contribution in [0, 0.1) is 58.2 Å². The molecule has 7 heteroatoms. The monoisotopic (exact) mass is 737 g/mol. The van der Waals surface area contributed by atoms with Crippen molar-refractivity contribution >= 4 is 25.7 Å². The molecule has 0 aromatic heterocycles. The molecule has 4 nitrogen and oxygen atoms in total. The number of fused-ring (bicyclic) bond motifs is 5. The molecule has 0 aliphatic heterocycles. The maximum absolute atomic E-state index is 10.4. The summed E-state index contributed by atoms with van der Waals surface area (Å²) in [7, 11) is -3.90. The minimum Gasteiger partial charge on any atom is -0.414 e. The molecule has 11 atom stereocenters. The van der Waals surface area contributed by atoms with E-state index >= 15 is 0 Å². The Bertz CT molecular complexity index is 951. The molecule has 1 N–H and O–H groups in total. The van der Waals surface area contributed by atoms with Gasteiger partial charge in [-0.2, -0.15) is 0 Å². The van der Waals surface area contributed by atoms with Gasteiger partial charge in [-0.05, 0) is 158 Å². The highest BCUT2D eigenvalue weighted by molar-refractivity contribution is 6.73. The lowest BCUT2D eigenvalue weighted by atomic mass is 9.41. The number of aliphatic hydroxyl groups is 1. The van der Waals surface area contributed by atoms with Crippen molar-refractivity contribution in [2.45, 2.75) is 202 Å². The summed E-state index contributed by atoms with van der Waals surface area (Å²) in [6.07, 6.45) is 15.5. The van der Waals surface area contributed by atoms with E-state index in [1.54, 1.807) is 0 Å². The maximum atomic E-state index is 10.4. The molecule has 0 amide bonds. The van der Waals surface area contributed by atoms with Gasteiger partial charge >= 0.3 is 0 Å². The Balaban J connectivity index is 0.000000594. The Morgan fingerprint density at radius 2 is 1.35 bits per heavy atom. The quantitative estimate of drug-likeness (QED) is 0.170. The first-order valence-electron chi connectivity index (χ1n) is 21.6. The predicted molar refractivity (Wildman–Crippen MR) is 216 cm³/mol. The van der Waals surface area contributed by atoms with Gasteiger partial charge in [0.1, 0.15) is 0 Å². The number of hydrogen-bond acceptors (Lipinski definition) is 4. The van der Waals surface area contributed by atoms with Crippen molar-refractivity contribution in [2.75, 3.05) is 6.61 Å². The average Bonchev–Trinajstić information content (AvgIpc) is 3.49. The van der Waals surface area contributed by atoms with Crippen molar-refractivity contribution in [1.82, 2.24) is 0 Å². The first kappa shape index (κ1) is 45.3. The van der Waals surface area contributed by atoms with E-state index in [1.165, 1.54) is 82.3 Å². The fourth-order valence-corrected chi connectivity index (χ4v) is 15.8. The molecule has 4 rings (SSSR count). The van der Waals surface area contributed by atoms with Crippen LogP contribution in [0.1, 0.15) is 154 Å². The molecule has 0 aromatic carbocycles. The summed E-state index contributed by atoms with van der Waals surface area (Å²) in [6, 6.07) is 7.36. The molecule has 49 heavy (non-hydrogen) atoms. The molecule has 1 unspecified atom stereocenters. The van der Waals surface area contributed by atoms with E-state index in [4.69, 9.17) is 4.43 Å². The number of rotatable bonds is 15. The summed E-state index contributed by atoms with van der Waals surface area (Å²) < 4.78 is 28.4. The molecule has 288 valence electrons. The third-order valence-electron chi connectivity index (χ3n) is 15.7. The summed E-state index contributed by atoms with van der Waals surface area (Å²) >= 11 is 0. The van der Waals surface area contributed by atoms with E-state index in [0.717, 1.165) is 77.9 Å². The van der Waals surface area contributed by atoms with Crippen LogP contribution in [0.4, 0.5) is 0 Å². The van der Waals surface area contributed by atoms with Crippen LogP contribution in [0.15, 0.2) is 0 Å². The number of hydrogen-bond donors (Lipinski definition) is 1. The molecule has 0 aromatic rings. The molecule has 4 aliphatic rings. The Morgan fingerprint density at radius 3 is 1.80 bits per heavy atom. The molecule has 0 spiro atoms. The van der Waals surface area contributed by atoms with Gasteiger partial charge < -0.3 is 18.5 Å². The fraction of sp³-hybridized carbons (Fsp3) is 1.00. The van der Waals surface area contributed by atoms with Gasteiger partial charge in [-0.15, -0.1) is 0 Å². The summed E-state index contributed by atoms with van der Waals surface area (Å²) in [5, 5.41) is 9.58. The molecular weight excluding hydrogens is 653 g/mol. The first-order valence-corrected chi connectivity index (χ1v) is 27.8. The third kappa shape index (κ3) is 10.4. The summed E-state index contributed by atoms with van der Waals surface area (Å²) in [4.78, 5) is 0. The lowest BCUT2D eigenvalue weighted by Gasteiger charge is -2.66. The van der Waals surface area contributed by atoms with Crippen LogP contribution in [0.5, 0.6) is 0 Å². The normalized spacial score (nSPS) is 35.8. The highest BCUT2D eigenvalue weighted by Crippen LogP contribution is 2.71. The number of aliphatic hydroxyl groups excluding tert-OH is 1. The summed E-state index contributed by atoms with van der Waals surface area (Å²) in [6.45, 7) is 28.5. The van der Waals surface area contributed by atoms with Gasteiger partial charge in [0.2, 0.25) is 0 Å². The van der Waals surface area contributed by atoms with Crippen molar-refractivity contribution in [3.8, 4) is 0 Å². The smallest absolute Gasteiger partial charge is 0.276 e. The third-order valence-corrected chi connectivity index (χ3v) is 23.5. The SMILES string of the molecule is CC[C@@H]1CC[C@@]2(C)[C@@H](C1)C[C@@H](O[Si](CC)(CC)CC)C1[C@@H]2C[C@H](CC)[C@]2(C)[C@@H]([C@H](C)CCCO)CC[C@@H]12.CC[Si](=O)CC.CC[Si](=O)CC. The Morgan fingerprint density at radius 1 is 0.776 bits per heavy atom. The van der Waals surface area contributed by atoms with Crippen LogP contribution in [0.25, 0.3) is 0 Å². The molecule has 0 heterocycles. The molecule has 4 saturated carbocycles. The molecule has 4 fully saturated rings. The Hall–Kier alpha value is 0.171. The standard InChI is InChI=1S/C34H64O2Si.2C4H10OSi/c1-9-25-18-19-33(7)27(21-25)23-31(36-37(11-3,12-4)13-5)32-29-17-16-28(24(6)15-14-20-35)34(29,8)26(10-2)22-30(32)33;2*1-3-6(5)4-2/h24-32,35H,9-23H2,1-8H3;2*3-4H2,1-2H3/t24-,25-,26+,27+,28-,29+,30+,31-,32?,33+,34-;;/m1../s1. The highest BCUT2D eigenvalue weighted by atomic mass is 28.4. The van der Waals surface area contributed by atoms with E-state index in [2.05, 4.69) is 55.4 Å². The minimum atomic E-state index is -1.67. The molecular formula is C42H84O4Si3. The van der Waals surface area contributed by atoms with E-state index in [-0.39, 0.29) is 0 Å². The largest absolute Gasteiger partial charge is 0.414 e. The Kier molecular flexibility index (Phi) is 19.6. The van der Waals surface area contributed by atoms with Crippen molar-refractivity contribution < 1.29 is 18.5 Å². The van der Waals surface area contributed by atoms with Crippen LogP contribution >= 0.6 is 0 Å². The molecule has 0 saturated heterocycles. The zero-order valence-corrected chi connectivity index (χ0v) is 37.8. The lowest BCUT2D eigenvalue weighted by Crippen LogP contribution is -2.62. The van der Waals surface area contributed by atoms with Gasteiger partial charge in [-0.25, -0.2) is 0 Å². The lowest BCUT2D eigenvalue weighted by molar-refractivity contribution is -0.185. The second-order valence-corrected chi connectivity index (χ2v) is 27.1. The van der Waals surface area contributed by atoms with E-state index in [9.17, 15) is 14.0 Å². The first-order chi connectivity index (χ1) is 23.3. The van der Waals surface area contributed by atoms with Gasteiger partial charge in [0.15, 0.2) is 8.32 Å². The van der Waals surface area contributed by atoms with Gasteiger partial charge in [0.25, 0.3) is 17.4 Å². The molecule has 0 bridgehead atoms.